The molecule has 0 aliphatic carbocycles. The molecule has 2 rings (SSSR count). The summed E-state index contributed by atoms with van der Waals surface area (Å²) in [6.07, 6.45) is 5.15. The summed E-state index contributed by atoms with van der Waals surface area (Å²) in [7, 11) is 4.23. The Hall–Kier alpha value is -1.62. The summed E-state index contributed by atoms with van der Waals surface area (Å²) in [6, 6.07) is 0. The van der Waals surface area contributed by atoms with Crippen LogP contribution in [0, 0.1) is 13.8 Å². The van der Waals surface area contributed by atoms with Gasteiger partial charge in [0.05, 0.1) is 5.39 Å². The van der Waals surface area contributed by atoms with Gasteiger partial charge in [0.25, 0.3) is 0 Å². The van der Waals surface area contributed by atoms with Crippen LogP contribution in [0.5, 0.6) is 0 Å². The van der Waals surface area contributed by atoms with E-state index in [-0.39, 0.29) is 0 Å². The lowest BCUT2D eigenvalue weighted by molar-refractivity contribution is 0.387. The number of nitrogens with one attached hydrogen (secondary N) is 1. The highest BCUT2D eigenvalue weighted by Crippen LogP contribution is 2.28. The zero-order valence-corrected chi connectivity index (χ0v) is 14.6. The molecule has 22 heavy (non-hydrogen) atoms. The normalized spacial score (nSPS) is 11.5. The minimum absolute atomic E-state index is 0.965. The van der Waals surface area contributed by atoms with Crippen LogP contribution in [0.1, 0.15) is 37.4 Å². The fourth-order valence-corrected chi connectivity index (χ4v) is 2.80. The Morgan fingerprint density at radius 3 is 2.64 bits per heavy atom. The highest BCUT2D eigenvalue weighted by Gasteiger charge is 2.15. The summed E-state index contributed by atoms with van der Waals surface area (Å²) in [5.41, 5.74) is 3.65. The van der Waals surface area contributed by atoms with E-state index >= 15 is 0 Å². The maximum atomic E-state index is 4.55. The third kappa shape index (κ3) is 3.58. The molecule has 2 aromatic rings. The first-order valence-electron chi connectivity index (χ1n) is 8.25. The average molecular weight is 303 g/mol. The van der Waals surface area contributed by atoms with Crippen molar-refractivity contribution >= 4 is 16.9 Å². The molecule has 0 atom stereocenters. The molecule has 0 amide bonds. The number of hydrogen-bond acceptors (Lipinski definition) is 4. The molecule has 1 N–H and O–H groups in total. The molecule has 122 valence electrons. The van der Waals surface area contributed by atoms with Crippen molar-refractivity contribution in [3.8, 4) is 0 Å². The number of rotatable bonds is 8. The number of anilines is 1. The smallest absolute Gasteiger partial charge is 0.145 e. The zero-order chi connectivity index (χ0) is 16.1. The molecule has 0 unspecified atom stereocenters. The number of fused-ring (bicyclic) bond motifs is 1. The summed E-state index contributed by atoms with van der Waals surface area (Å²) in [4.78, 5) is 11.2. The van der Waals surface area contributed by atoms with Gasteiger partial charge in [-0.3, -0.25) is 0 Å². The Labute approximate surface area is 133 Å². The van der Waals surface area contributed by atoms with Crippen molar-refractivity contribution < 1.29 is 0 Å². The van der Waals surface area contributed by atoms with Crippen LogP contribution in [0.4, 0.5) is 5.82 Å². The Kier molecular flexibility index (Phi) is 5.77. The van der Waals surface area contributed by atoms with Crippen molar-refractivity contribution in [2.45, 2.75) is 46.6 Å². The number of unbranched alkanes of at least 4 members (excludes halogenated alkanes) is 1. The van der Waals surface area contributed by atoms with Crippen LogP contribution < -0.4 is 5.32 Å². The van der Waals surface area contributed by atoms with Gasteiger partial charge in [0.1, 0.15) is 17.8 Å². The van der Waals surface area contributed by atoms with Crippen molar-refractivity contribution in [3.05, 3.63) is 17.6 Å². The van der Waals surface area contributed by atoms with Gasteiger partial charge in [-0.1, -0.05) is 13.3 Å². The van der Waals surface area contributed by atoms with E-state index in [1.165, 1.54) is 23.1 Å². The van der Waals surface area contributed by atoms with Crippen LogP contribution in [-0.2, 0) is 6.54 Å². The molecular weight excluding hydrogens is 274 g/mol. The Balaban J connectivity index is 2.30. The monoisotopic (exact) mass is 303 g/mol. The summed E-state index contributed by atoms with van der Waals surface area (Å²) in [5.74, 6) is 0.977. The van der Waals surface area contributed by atoms with Gasteiger partial charge in [0.15, 0.2) is 0 Å². The summed E-state index contributed by atoms with van der Waals surface area (Å²) in [6.45, 7) is 9.61. The van der Waals surface area contributed by atoms with Gasteiger partial charge in [-0.05, 0) is 52.9 Å². The van der Waals surface area contributed by atoms with E-state index in [2.05, 4.69) is 59.6 Å². The molecule has 0 aromatic carbocycles. The molecule has 5 nitrogen and oxygen atoms in total. The van der Waals surface area contributed by atoms with Crippen LogP contribution in [0.15, 0.2) is 6.33 Å². The molecule has 0 fully saturated rings. The van der Waals surface area contributed by atoms with E-state index in [0.717, 1.165) is 43.9 Å². The van der Waals surface area contributed by atoms with E-state index in [4.69, 9.17) is 0 Å². The minimum atomic E-state index is 0.965. The number of aryl methyl sites for hydroxylation is 2. The molecule has 0 saturated heterocycles. The molecule has 0 spiro atoms. The van der Waals surface area contributed by atoms with Gasteiger partial charge >= 0.3 is 0 Å². The lowest BCUT2D eigenvalue weighted by Gasteiger charge is -2.12. The molecule has 0 bridgehead atoms. The molecule has 2 aromatic heterocycles. The highest BCUT2D eigenvalue weighted by atomic mass is 15.1. The molecule has 0 radical (unpaired) electrons. The summed E-state index contributed by atoms with van der Waals surface area (Å²) >= 11 is 0. The van der Waals surface area contributed by atoms with Crippen molar-refractivity contribution in [2.75, 3.05) is 32.5 Å². The van der Waals surface area contributed by atoms with Crippen LogP contribution in [0.2, 0.25) is 0 Å². The van der Waals surface area contributed by atoms with E-state index in [1.807, 2.05) is 0 Å². The van der Waals surface area contributed by atoms with Crippen molar-refractivity contribution in [1.82, 2.24) is 19.4 Å². The largest absolute Gasteiger partial charge is 0.369 e. The zero-order valence-electron chi connectivity index (χ0n) is 14.6. The maximum Gasteiger partial charge on any atom is 0.145 e. The topological polar surface area (TPSA) is 46.0 Å². The first-order valence-corrected chi connectivity index (χ1v) is 8.25. The second kappa shape index (κ2) is 7.58. The van der Waals surface area contributed by atoms with Gasteiger partial charge in [-0.2, -0.15) is 0 Å². The lowest BCUT2D eigenvalue weighted by Crippen LogP contribution is -2.15. The third-order valence-corrected chi connectivity index (χ3v) is 4.22. The first-order chi connectivity index (χ1) is 10.6. The van der Waals surface area contributed by atoms with Gasteiger partial charge in [-0.15, -0.1) is 0 Å². The number of aromatic nitrogens is 3. The quantitative estimate of drug-likeness (QED) is 0.761. The number of nitrogens with zero attached hydrogens (tertiary/aromatic N) is 4. The first kappa shape index (κ1) is 16.7. The molecule has 5 heteroatoms. The van der Waals surface area contributed by atoms with Crippen molar-refractivity contribution in [2.24, 2.45) is 0 Å². The molecule has 0 aliphatic rings. The van der Waals surface area contributed by atoms with Gasteiger partial charge < -0.3 is 14.8 Å². The highest BCUT2D eigenvalue weighted by molar-refractivity contribution is 5.91. The Bertz CT molecular complexity index is 615. The minimum Gasteiger partial charge on any atom is -0.369 e. The predicted octanol–water partition coefficient (Wildman–Crippen LogP) is 3.21. The van der Waals surface area contributed by atoms with Crippen LogP contribution in [0.25, 0.3) is 11.0 Å². The fourth-order valence-electron chi connectivity index (χ4n) is 2.80. The van der Waals surface area contributed by atoms with E-state index in [1.54, 1.807) is 6.33 Å². The second-order valence-corrected chi connectivity index (χ2v) is 6.22. The lowest BCUT2D eigenvalue weighted by atomic mass is 10.2. The van der Waals surface area contributed by atoms with Crippen molar-refractivity contribution in [3.63, 3.8) is 0 Å². The van der Waals surface area contributed by atoms with Gasteiger partial charge in [0, 0.05) is 18.8 Å². The molecular formula is C17H29N5. The van der Waals surface area contributed by atoms with Crippen molar-refractivity contribution in [1.29, 1.82) is 0 Å². The van der Waals surface area contributed by atoms with Crippen LogP contribution in [0.3, 0.4) is 0 Å². The SMILES string of the molecule is CCCCNc1ncnc2c1c(C)c(C)n2CCCN(C)C. The van der Waals surface area contributed by atoms with E-state index < -0.39 is 0 Å². The van der Waals surface area contributed by atoms with Gasteiger partial charge in [-0.25, -0.2) is 9.97 Å². The van der Waals surface area contributed by atoms with Crippen LogP contribution in [-0.4, -0.2) is 46.6 Å². The molecule has 2 heterocycles. The summed E-state index contributed by atoms with van der Waals surface area (Å²) < 4.78 is 2.33. The molecule has 0 aliphatic heterocycles. The fraction of sp³-hybridized carbons (Fsp3) is 0.647. The predicted molar refractivity (Wildman–Crippen MR) is 93.6 cm³/mol. The summed E-state index contributed by atoms with van der Waals surface area (Å²) in [5, 5.41) is 4.65. The van der Waals surface area contributed by atoms with Crippen LogP contribution >= 0.6 is 0 Å². The second-order valence-electron chi connectivity index (χ2n) is 6.22. The Morgan fingerprint density at radius 2 is 1.95 bits per heavy atom. The number of hydrogen-bond donors (Lipinski definition) is 1. The Morgan fingerprint density at radius 1 is 1.18 bits per heavy atom. The van der Waals surface area contributed by atoms with Gasteiger partial charge in [0.2, 0.25) is 0 Å². The average Bonchev–Trinajstić information content (AvgIpc) is 2.73. The third-order valence-electron chi connectivity index (χ3n) is 4.22. The standard InChI is InChI=1S/C17H29N5/c1-6-7-9-18-16-15-13(2)14(3)22(11-8-10-21(4)5)17(15)20-12-19-16/h12H,6-11H2,1-5H3,(H,18,19,20). The van der Waals surface area contributed by atoms with E-state index in [9.17, 15) is 0 Å². The molecule has 0 saturated carbocycles. The van der Waals surface area contributed by atoms with E-state index in [0.29, 0.717) is 0 Å². The maximum absolute atomic E-state index is 4.55.